The summed E-state index contributed by atoms with van der Waals surface area (Å²) in [6.45, 7) is 3.60. The van der Waals surface area contributed by atoms with Gasteiger partial charge in [-0.2, -0.15) is 4.98 Å². The van der Waals surface area contributed by atoms with Crippen molar-refractivity contribution in [2.75, 3.05) is 23.7 Å². The second kappa shape index (κ2) is 4.02. The van der Waals surface area contributed by atoms with E-state index in [-0.39, 0.29) is 12.0 Å². The lowest BCUT2D eigenvalue weighted by atomic mass is 9.97. The number of rotatable bonds is 1. The minimum absolute atomic E-state index is 0.206. The fourth-order valence-corrected chi connectivity index (χ4v) is 1.83. The van der Waals surface area contributed by atoms with E-state index in [1.807, 2.05) is 6.92 Å². The molecule has 3 N–H and O–H groups in total. The van der Waals surface area contributed by atoms with Crippen molar-refractivity contribution in [1.82, 2.24) is 9.97 Å². The molecule has 5 nitrogen and oxygen atoms in total. The van der Waals surface area contributed by atoms with E-state index in [2.05, 4.69) is 14.9 Å². The molecule has 2 rings (SSSR count). The van der Waals surface area contributed by atoms with E-state index in [0.29, 0.717) is 11.8 Å². The van der Waals surface area contributed by atoms with Crippen LogP contribution in [0.25, 0.3) is 0 Å². The van der Waals surface area contributed by atoms with Gasteiger partial charge in [-0.05, 0) is 18.4 Å². The van der Waals surface area contributed by atoms with Crippen LogP contribution in [0.3, 0.4) is 0 Å². The number of hydrogen-bond acceptors (Lipinski definition) is 5. The summed E-state index contributed by atoms with van der Waals surface area (Å²) in [7, 11) is 0. The van der Waals surface area contributed by atoms with Crippen LogP contribution in [0.2, 0.25) is 0 Å². The molecule has 1 aromatic heterocycles. The summed E-state index contributed by atoms with van der Waals surface area (Å²) < 4.78 is 0. The fourth-order valence-electron chi connectivity index (χ4n) is 1.83. The lowest BCUT2D eigenvalue weighted by Gasteiger charge is -2.34. The molecule has 0 spiro atoms. The Morgan fingerprint density at radius 3 is 3.07 bits per heavy atom. The first-order chi connectivity index (χ1) is 7.16. The van der Waals surface area contributed by atoms with Gasteiger partial charge in [-0.3, -0.25) is 0 Å². The van der Waals surface area contributed by atoms with Crippen LogP contribution in [0.4, 0.5) is 11.8 Å². The summed E-state index contributed by atoms with van der Waals surface area (Å²) in [5.74, 6) is 1.40. The number of aromatic nitrogens is 2. The van der Waals surface area contributed by atoms with Crippen LogP contribution in [-0.2, 0) is 0 Å². The Morgan fingerprint density at radius 1 is 1.60 bits per heavy atom. The summed E-state index contributed by atoms with van der Waals surface area (Å²) in [4.78, 5) is 10.4. The Morgan fingerprint density at radius 2 is 2.40 bits per heavy atom. The van der Waals surface area contributed by atoms with Gasteiger partial charge in [0.2, 0.25) is 5.95 Å². The lowest BCUT2D eigenvalue weighted by Crippen LogP contribution is -2.42. The number of aliphatic hydroxyl groups excluding tert-OH is 1. The summed E-state index contributed by atoms with van der Waals surface area (Å²) in [5, 5.41) is 9.60. The first-order valence-corrected chi connectivity index (χ1v) is 5.18. The highest BCUT2D eigenvalue weighted by molar-refractivity contribution is 5.38. The topological polar surface area (TPSA) is 75.3 Å². The van der Waals surface area contributed by atoms with Gasteiger partial charge in [-0.1, -0.05) is 6.92 Å². The molecule has 1 aliphatic heterocycles. The van der Waals surface area contributed by atoms with Gasteiger partial charge < -0.3 is 15.7 Å². The van der Waals surface area contributed by atoms with E-state index >= 15 is 0 Å². The maximum atomic E-state index is 9.60. The Balaban J connectivity index is 2.12. The predicted molar refractivity (Wildman–Crippen MR) is 58.4 cm³/mol. The van der Waals surface area contributed by atoms with Gasteiger partial charge in [-0.15, -0.1) is 0 Å². The average molecular weight is 208 g/mol. The quantitative estimate of drug-likeness (QED) is 0.692. The molecule has 1 aliphatic rings. The van der Waals surface area contributed by atoms with Crippen LogP contribution >= 0.6 is 0 Å². The number of aliphatic hydroxyl groups is 1. The molecule has 0 aliphatic carbocycles. The number of nitrogen functional groups attached to an aromatic ring is 1. The zero-order valence-electron chi connectivity index (χ0n) is 8.80. The van der Waals surface area contributed by atoms with E-state index < -0.39 is 0 Å². The predicted octanol–water partition coefficient (Wildman–Crippen LogP) is 0.266. The molecule has 0 saturated carbocycles. The van der Waals surface area contributed by atoms with Crippen molar-refractivity contribution in [3.63, 3.8) is 0 Å². The minimum atomic E-state index is -0.206. The first kappa shape index (κ1) is 10.2. The normalized spacial score (nSPS) is 26.7. The highest BCUT2D eigenvalue weighted by Gasteiger charge is 2.25. The Kier molecular flexibility index (Phi) is 2.73. The van der Waals surface area contributed by atoms with E-state index in [0.717, 1.165) is 19.5 Å². The molecule has 82 valence electrons. The molecule has 0 unspecified atom stereocenters. The maximum absolute atomic E-state index is 9.60. The van der Waals surface area contributed by atoms with Crippen LogP contribution in [0.15, 0.2) is 12.3 Å². The monoisotopic (exact) mass is 208 g/mol. The molecule has 2 heterocycles. The second-order valence-corrected chi connectivity index (χ2v) is 4.06. The van der Waals surface area contributed by atoms with Crippen molar-refractivity contribution in [3.8, 4) is 0 Å². The van der Waals surface area contributed by atoms with Crippen molar-refractivity contribution in [3.05, 3.63) is 12.3 Å². The van der Waals surface area contributed by atoms with Gasteiger partial charge in [0.1, 0.15) is 5.82 Å². The van der Waals surface area contributed by atoms with Crippen molar-refractivity contribution in [2.45, 2.75) is 19.4 Å². The molecular weight excluding hydrogens is 192 g/mol. The zero-order chi connectivity index (χ0) is 10.8. The third-order valence-corrected chi connectivity index (χ3v) is 2.81. The molecule has 0 amide bonds. The van der Waals surface area contributed by atoms with Crippen molar-refractivity contribution >= 4 is 11.8 Å². The number of nitrogens with zero attached hydrogens (tertiary/aromatic N) is 3. The molecular formula is C10H16N4O. The standard InChI is InChI=1S/C10H16N4O/c1-7-6-14(5-3-8(7)15)10-12-4-2-9(11)13-10/h2,4,7-8,15H,3,5-6H2,1H3,(H2,11,12,13)/t7-,8+/m0/s1. The molecule has 1 aromatic rings. The Labute approximate surface area is 88.9 Å². The second-order valence-electron chi connectivity index (χ2n) is 4.06. The Hall–Kier alpha value is -1.36. The van der Waals surface area contributed by atoms with Gasteiger partial charge in [-0.25, -0.2) is 4.98 Å². The van der Waals surface area contributed by atoms with E-state index in [9.17, 15) is 5.11 Å². The zero-order valence-corrected chi connectivity index (χ0v) is 8.80. The van der Waals surface area contributed by atoms with Gasteiger partial charge in [0.05, 0.1) is 6.10 Å². The van der Waals surface area contributed by atoms with Crippen molar-refractivity contribution < 1.29 is 5.11 Å². The number of nitrogens with two attached hydrogens (primary N) is 1. The molecule has 0 bridgehead atoms. The Bertz CT molecular complexity index is 344. The summed E-state index contributed by atoms with van der Waals surface area (Å²) in [5.41, 5.74) is 5.60. The van der Waals surface area contributed by atoms with Crippen LogP contribution in [0.1, 0.15) is 13.3 Å². The average Bonchev–Trinajstić information content (AvgIpc) is 2.22. The molecule has 2 atom stereocenters. The van der Waals surface area contributed by atoms with Crippen LogP contribution < -0.4 is 10.6 Å². The third-order valence-electron chi connectivity index (χ3n) is 2.81. The van der Waals surface area contributed by atoms with Gasteiger partial charge >= 0.3 is 0 Å². The maximum Gasteiger partial charge on any atom is 0.227 e. The molecule has 1 saturated heterocycles. The van der Waals surface area contributed by atoms with E-state index in [1.165, 1.54) is 0 Å². The minimum Gasteiger partial charge on any atom is -0.393 e. The van der Waals surface area contributed by atoms with E-state index in [1.54, 1.807) is 12.3 Å². The van der Waals surface area contributed by atoms with Gasteiger partial charge in [0.25, 0.3) is 0 Å². The van der Waals surface area contributed by atoms with Crippen LogP contribution in [0, 0.1) is 5.92 Å². The smallest absolute Gasteiger partial charge is 0.227 e. The van der Waals surface area contributed by atoms with Crippen molar-refractivity contribution in [1.29, 1.82) is 0 Å². The summed E-state index contributed by atoms with van der Waals surface area (Å²) >= 11 is 0. The number of hydrogen-bond donors (Lipinski definition) is 2. The van der Waals surface area contributed by atoms with E-state index in [4.69, 9.17) is 5.73 Å². The fraction of sp³-hybridized carbons (Fsp3) is 0.600. The molecule has 5 heteroatoms. The molecule has 0 aromatic carbocycles. The highest BCUT2D eigenvalue weighted by Crippen LogP contribution is 2.20. The van der Waals surface area contributed by atoms with Gasteiger partial charge in [0, 0.05) is 19.3 Å². The molecule has 1 fully saturated rings. The van der Waals surface area contributed by atoms with Gasteiger partial charge in [0.15, 0.2) is 0 Å². The first-order valence-electron chi connectivity index (χ1n) is 5.18. The lowest BCUT2D eigenvalue weighted by molar-refractivity contribution is 0.0966. The summed E-state index contributed by atoms with van der Waals surface area (Å²) in [6.07, 6.45) is 2.22. The highest BCUT2D eigenvalue weighted by atomic mass is 16.3. The summed E-state index contributed by atoms with van der Waals surface area (Å²) in [6, 6.07) is 1.67. The van der Waals surface area contributed by atoms with Crippen LogP contribution in [0.5, 0.6) is 0 Å². The van der Waals surface area contributed by atoms with Crippen LogP contribution in [-0.4, -0.2) is 34.3 Å². The largest absolute Gasteiger partial charge is 0.393 e. The molecule has 15 heavy (non-hydrogen) atoms. The van der Waals surface area contributed by atoms with Crippen molar-refractivity contribution in [2.24, 2.45) is 5.92 Å². The number of anilines is 2. The number of piperidine rings is 1. The third kappa shape index (κ3) is 2.18. The SMILES string of the molecule is C[C@H]1CN(c2nccc(N)n2)CC[C@H]1O. The molecule has 0 radical (unpaired) electrons.